The molecule has 0 aliphatic carbocycles. The van der Waals surface area contributed by atoms with E-state index in [-0.39, 0.29) is 6.61 Å². The minimum absolute atomic E-state index is 0.0675. The second-order valence-corrected chi connectivity index (χ2v) is 2.99. The SMILES string of the molecule is C#CCOc1ccccc1/C=C(\C#N)C(=O)[O-]. The summed E-state index contributed by atoms with van der Waals surface area (Å²) in [5.74, 6) is 1.18. The van der Waals surface area contributed by atoms with Gasteiger partial charge in [0.05, 0.1) is 11.5 Å². The number of terminal acetylenes is 1. The summed E-state index contributed by atoms with van der Waals surface area (Å²) in [6.07, 6.45) is 6.24. The average molecular weight is 226 g/mol. The molecule has 0 aliphatic rings. The molecule has 0 atom stereocenters. The Kier molecular flexibility index (Phi) is 4.35. The first-order valence-corrected chi connectivity index (χ1v) is 4.67. The fourth-order valence-electron chi connectivity index (χ4n) is 1.14. The van der Waals surface area contributed by atoms with Gasteiger partial charge >= 0.3 is 0 Å². The van der Waals surface area contributed by atoms with Crippen LogP contribution in [-0.4, -0.2) is 12.6 Å². The van der Waals surface area contributed by atoms with E-state index in [9.17, 15) is 9.90 Å². The number of ether oxygens (including phenoxy) is 1. The highest BCUT2D eigenvalue weighted by atomic mass is 16.5. The van der Waals surface area contributed by atoms with Gasteiger partial charge in [-0.05, 0) is 12.1 Å². The zero-order chi connectivity index (χ0) is 12.7. The minimum Gasteiger partial charge on any atom is -0.544 e. The average Bonchev–Trinajstić information content (AvgIpc) is 2.34. The molecule has 0 spiro atoms. The third-order valence-electron chi connectivity index (χ3n) is 1.87. The molecule has 0 N–H and O–H groups in total. The van der Waals surface area contributed by atoms with Crippen LogP contribution in [0.2, 0.25) is 0 Å². The second-order valence-electron chi connectivity index (χ2n) is 2.99. The van der Waals surface area contributed by atoms with Crippen LogP contribution >= 0.6 is 0 Å². The summed E-state index contributed by atoms with van der Waals surface area (Å²) >= 11 is 0. The number of nitrogens with zero attached hydrogens (tertiary/aromatic N) is 1. The molecule has 1 rings (SSSR count). The number of benzene rings is 1. The lowest BCUT2D eigenvalue weighted by Crippen LogP contribution is -2.23. The number of carboxylic acids is 1. The van der Waals surface area contributed by atoms with Crippen molar-refractivity contribution in [2.75, 3.05) is 6.61 Å². The van der Waals surface area contributed by atoms with Gasteiger partial charge in [-0.15, -0.1) is 6.42 Å². The van der Waals surface area contributed by atoms with Gasteiger partial charge < -0.3 is 14.6 Å². The van der Waals surface area contributed by atoms with Crippen LogP contribution in [0, 0.1) is 23.7 Å². The van der Waals surface area contributed by atoms with Gasteiger partial charge in [-0.3, -0.25) is 0 Å². The van der Waals surface area contributed by atoms with Crippen LogP contribution in [0.4, 0.5) is 0 Å². The molecule has 0 bridgehead atoms. The number of carboxylic acid groups (broad SMARTS) is 1. The maximum atomic E-state index is 10.6. The molecule has 0 radical (unpaired) electrons. The van der Waals surface area contributed by atoms with Crippen LogP contribution < -0.4 is 9.84 Å². The molecule has 0 fully saturated rings. The minimum atomic E-state index is -1.53. The first-order valence-electron chi connectivity index (χ1n) is 4.67. The molecule has 4 heteroatoms. The van der Waals surface area contributed by atoms with Crippen molar-refractivity contribution < 1.29 is 14.6 Å². The van der Waals surface area contributed by atoms with Gasteiger partial charge in [-0.25, -0.2) is 0 Å². The predicted octanol–water partition coefficient (Wildman–Crippen LogP) is 0.355. The van der Waals surface area contributed by atoms with Gasteiger partial charge in [0.1, 0.15) is 18.4 Å². The van der Waals surface area contributed by atoms with Crippen molar-refractivity contribution in [3.63, 3.8) is 0 Å². The molecule has 0 aromatic heterocycles. The molecular formula is C13H8NO3-. The molecule has 17 heavy (non-hydrogen) atoms. The van der Waals surface area contributed by atoms with E-state index < -0.39 is 11.5 Å². The van der Waals surface area contributed by atoms with E-state index in [0.717, 1.165) is 0 Å². The summed E-state index contributed by atoms with van der Waals surface area (Å²) in [5.41, 5.74) is -0.00902. The quantitative estimate of drug-likeness (QED) is 0.422. The van der Waals surface area contributed by atoms with Crippen LogP contribution in [0.5, 0.6) is 5.75 Å². The Balaban J connectivity index is 3.10. The molecular weight excluding hydrogens is 218 g/mol. The molecule has 0 saturated heterocycles. The van der Waals surface area contributed by atoms with E-state index in [4.69, 9.17) is 16.4 Å². The Hall–Kier alpha value is -2.72. The highest BCUT2D eigenvalue weighted by molar-refractivity contribution is 5.95. The lowest BCUT2D eigenvalue weighted by atomic mass is 10.1. The maximum Gasteiger partial charge on any atom is 0.148 e. The van der Waals surface area contributed by atoms with Gasteiger partial charge in [0, 0.05) is 5.56 Å². The number of hydrogen-bond donors (Lipinski definition) is 0. The molecule has 0 aliphatic heterocycles. The number of aliphatic carboxylic acids is 1. The normalized spacial score (nSPS) is 10.1. The van der Waals surface area contributed by atoms with Crippen LogP contribution in [0.25, 0.3) is 6.08 Å². The lowest BCUT2D eigenvalue weighted by Gasteiger charge is -2.07. The summed E-state index contributed by atoms with van der Waals surface area (Å²) in [4.78, 5) is 10.6. The summed E-state index contributed by atoms with van der Waals surface area (Å²) in [5, 5.41) is 19.2. The first kappa shape index (κ1) is 12.4. The number of nitriles is 1. The Morgan fingerprint density at radius 1 is 1.53 bits per heavy atom. The second kappa shape index (κ2) is 5.99. The van der Waals surface area contributed by atoms with Crippen LogP contribution in [0.1, 0.15) is 5.56 Å². The summed E-state index contributed by atoms with van der Waals surface area (Å²) in [7, 11) is 0. The monoisotopic (exact) mass is 226 g/mol. The predicted molar refractivity (Wildman–Crippen MR) is 59.4 cm³/mol. The smallest absolute Gasteiger partial charge is 0.148 e. The first-order chi connectivity index (χ1) is 8.19. The topological polar surface area (TPSA) is 73.1 Å². The number of rotatable bonds is 4. The van der Waals surface area contributed by atoms with E-state index >= 15 is 0 Å². The van der Waals surface area contributed by atoms with Crippen molar-refractivity contribution in [1.29, 1.82) is 5.26 Å². The number of para-hydroxylation sites is 1. The highest BCUT2D eigenvalue weighted by Crippen LogP contribution is 2.20. The van der Waals surface area contributed by atoms with Crippen molar-refractivity contribution in [2.45, 2.75) is 0 Å². The summed E-state index contributed by atoms with van der Waals surface area (Å²) in [6.45, 7) is 0.0675. The number of hydrogen-bond acceptors (Lipinski definition) is 4. The van der Waals surface area contributed by atoms with Crippen molar-refractivity contribution >= 4 is 12.0 Å². The van der Waals surface area contributed by atoms with Crippen molar-refractivity contribution in [1.82, 2.24) is 0 Å². The highest BCUT2D eigenvalue weighted by Gasteiger charge is 2.02. The van der Waals surface area contributed by atoms with E-state index in [1.807, 2.05) is 0 Å². The van der Waals surface area contributed by atoms with Crippen molar-refractivity contribution in [3.05, 3.63) is 35.4 Å². The van der Waals surface area contributed by atoms with E-state index in [1.165, 1.54) is 12.1 Å². The standard InChI is InChI=1S/C13H9NO3/c1-2-7-17-12-6-4-3-5-10(12)8-11(9-14)13(15)16/h1,3-6,8H,7H2,(H,15,16)/p-1/b11-8+. The zero-order valence-corrected chi connectivity index (χ0v) is 8.84. The third kappa shape index (κ3) is 3.40. The largest absolute Gasteiger partial charge is 0.544 e. The Bertz CT molecular complexity index is 532. The molecule has 0 amide bonds. The van der Waals surface area contributed by atoms with Crippen molar-refractivity contribution in [3.8, 4) is 24.2 Å². The molecule has 1 aromatic rings. The van der Waals surface area contributed by atoms with Crippen LogP contribution in [-0.2, 0) is 4.79 Å². The molecule has 84 valence electrons. The van der Waals surface area contributed by atoms with Gasteiger partial charge in [0.15, 0.2) is 0 Å². The van der Waals surface area contributed by atoms with Gasteiger partial charge in [0.2, 0.25) is 0 Å². The maximum absolute atomic E-state index is 10.6. The molecule has 0 saturated carbocycles. The van der Waals surface area contributed by atoms with Crippen LogP contribution in [0.3, 0.4) is 0 Å². The van der Waals surface area contributed by atoms with Gasteiger partial charge in [-0.2, -0.15) is 5.26 Å². The molecule has 0 heterocycles. The zero-order valence-electron chi connectivity index (χ0n) is 8.84. The Labute approximate surface area is 98.8 Å². The van der Waals surface area contributed by atoms with E-state index in [2.05, 4.69) is 5.92 Å². The van der Waals surface area contributed by atoms with Crippen LogP contribution in [0.15, 0.2) is 29.8 Å². The molecule has 0 unspecified atom stereocenters. The third-order valence-corrected chi connectivity index (χ3v) is 1.87. The van der Waals surface area contributed by atoms with E-state index in [0.29, 0.717) is 11.3 Å². The fourth-order valence-corrected chi connectivity index (χ4v) is 1.14. The van der Waals surface area contributed by atoms with Gasteiger partial charge in [-0.1, -0.05) is 24.1 Å². The molecule has 4 nitrogen and oxygen atoms in total. The Morgan fingerprint density at radius 3 is 2.82 bits per heavy atom. The summed E-state index contributed by atoms with van der Waals surface area (Å²) in [6, 6.07) is 8.20. The van der Waals surface area contributed by atoms with Crippen molar-refractivity contribution in [2.24, 2.45) is 0 Å². The molecule has 1 aromatic carbocycles. The van der Waals surface area contributed by atoms with E-state index in [1.54, 1.807) is 24.3 Å². The summed E-state index contributed by atoms with van der Waals surface area (Å²) < 4.78 is 5.21. The van der Waals surface area contributed by atoms with Gasteiger partial charge in [0.25, 0.3) is 0 Å². The lowest BCUT2D eigenvalue weighted by molar-refractivity contribution is -0.298. The Morgan fingerprint density at radius 2 is 2.24 bits per heavy atom. The number of carbonyl (C=O) groups excluding carboxylic acids is 1. The fraction of sp³-hybridized carbons (Fsp3) is 0.0769. The number of carbonyl (C=O) groups is 1.